The van der Waals surface area contributed by atoms with Crippen LogP contribution in [0.2, 0.25) is 0 Å². The molecule has 0 unspecified atom stereocenters. The molecule has 0 aliphatic heterocycles. The lowest BCUT2D eigenvalue weighted by molar-refractivity contribution is 0.0328. The van der Waals surface area contributed by atoms with E-state index in [1.807, 2.05) is 5.48 Å². The SMILES string of the molecule is CNC(=O)NOC(=O)c1ccccc1. The average molecular weight is 194 g/mol. The van der Waals surface area contributed by atoms with Crippen molar-refractivity contribution >= 4 is 12.0 Å². The van der Waals surface area contributed by atoms with Crippen LogP contribution in [0.1, 0.15) is 10.4 Å². The lowest BCUT2D eigenvalue weighted by Crippen LogP contribution is -2.34. The number of urea groups is 1. The molecule has 5 nitrogen and oxygen atoms in total. The highest BCUT2D eigenvalue weighted by molar-refractivity contribution is 5.90. The Bertz CT molecular complexity index is 324. The number of hydrogen-bond donors (Lipinski definition) is 2. The Balaban J connectivity index is 2.48. The maximum absolute atomic E-state index is 11.2. The van der Waals surface area contributed by atoms with Crippen LogP contribution in [0, 0.1) is 0 Å². The van der Waals surface area contributed by atoms with Gasteiger partial charge in [0.05, 0.1) is 5.56 Å². The molecule has 1 aromatic carbocycles. The van der Waals surface area contributed by atoms with Gasteiger partial charge in [0, 0.05) is 7.05 Å². The van der Waals surface area contributed by atoms with Crippen LogP contribution in [0.5, 0.6) is 0 Å². The Morgan fingerprint density at radius 2 is 1.86 bits per heavy atom. The van der Waals surface area contributed by atoms with Crippen LogP contribution in [-0.2, 0) is 4.84 Å². The lowest BCUT2D eigenvalue weighted by atomic mass is 10.2. The zero-order valence-electron chi connectivity index (χ0n) is 7.61. The zero-order chi connectivity index (χ0) is 10.4. The van der Waals surface area contributed by atoms with Gasteiger partial charge in [0.15, 0.2) is 0 Å². The van der Waals surface area contributed by atoms with E-state index in [-0.39, 0.29) is 0 Å². The van der Waals surface area contributed by atoms with Gasteiger partial charge >= 0.3 is 12.0 Å². The first-order valence-electron chi connectivity index (χ1n) is 3.98. The van der Waals surface area contributed by atoms with Gasteiger partial charge in [0.2, 0.25) is 0 Å². The highest BCUT2D eigenvalue weighted by Crippen LogP contribution is 1.99. The van der Waals surface area contributed by atoms with Crippen molar-refractivity contribution in [3.8, 4) is 0 Å². The monoisotopic (exact) mass is 194 g/mol. The summed E-state index contributed by atoms with van der Waals surface area (Å²) < 4.78 is 0. The topological polar surface area (TPSA) is 67.4 Å². The van der Waals surface area contributed by atoms with Gasteiger partial charge in [0.1, 0.15) is 0 Å². The summed E-state index contributed by atoms with van der Waals surface area (Å²) in [5.74, 6) is -0.603. The van der Waals surface area contributed by atoms with Gasteiger partial charge in [-0.2, -0.15) is 5.48 Å². The molecule has 1 aromatic rings. The van der Waals surface area contributed by atoms with Crippen LogP contribution in [0.4, 0.5) is 4.79 Å². The van der Waals surface area contributed by atoms with E-state index in [1.54, 1.807) is 30.3 Å². The normalized spacial score (nSPS) is 8.93. The Morgan fingerprint density at radius 3 is 2.43 bits per heavy atom. The van der Waals surface area contributed by atoms with Crippen molar-refractivity contribution in [2.45, 2.75) is 0 Å². The Kier molecular flexibility index (Phi) is 3.49. The van der Waals surface area contributed by atoms with Crippen LogP contribution in [0.15, 0.2) is 30.3 Å². The van der Waals surface area contributed by atoms with Crippen molar-refractivity contribution < 1.29 is 14.4 Å². The minimum Gasteiger partial charge on any atom is -0.339 e. The molecule has 0 radical (unpaired) electrons. The standard InChI is InChI=1S/C9H10N2O3/c1-10-9(13)11-14-8(12)7-5-3-2-4-6-7/h2-6H,1H3,(H2,10,11,13). The van der Waals surface area contributed by atoms with E-state index in [0.717, 1.165) is 0 Å². The van der Waals surface area contributed by atoms with Gasteiger partial charge in [-0.05, 0) is 12.1 Å². The van der Waals surface area contributed by atoms with E-state index in [2.05, 4.69) is 10.2 Å². The third-order valence-electron chi connectivity index (χ3n) is 1.47. The molecule has 0 atom stereocenters. The molecule has 0 heterocycles. The van der Waals surface area contributed by atoms with Gasteiger partial charge < -0.3 is 10.2 Å². The smallest absolute Gasteiger partial charge is 0.339 e. The molecule has 14 heavy (non-hydrogen) atoms. The maximum Gasteiger partial charge on any atom is 0.363 e. The number of hydrogen-bond acceptors (Lipinski definition) is 3. The maximum atomic E-state index is 11.2. The second-order valence-electron chi connectivity index (χ2n) is 2.44. The highest BCUT2D eigenvalue weighted by Gasteiger charge is 2.07. The van der Waals surface area contributed by atoms with Crippen molar-refractivity contribution in [2.75, 3.05) is 7.05 Å². The van der Waals surface area contributed by atoms with Gasteiger partial charge in [-0.3, -0.25) is 0 Å². The molecule has 0 aromatic heterocycles. The fraction of sp³-hybridized carbons (Fsp3) is 0.111. The van der Waals surface area contributed by atoms with E-state index in [0.29, 0.717) is 5.56 Å². The van der Waals surface area contributed by atoms with Gasteiger partial charge in [-0.25, -0.2) is 9.59 Å². The Hall–Kier alpha value is -2.04. The van der Waals surface area contributed by atoms with E-state index < -0.39 is 12.0 Å². The predicted molar refractivity (Wildman–Crippen MR) is 49.4 cm³/mol. The molecule has 1 rings (SSSR count). The number of rotatable bonds is 1. The summed E-state index contributed by atoms with van der Waals surface area (Å²) in [7, 11) is 1.42. The van der Waals surface area contributed by atoms with Crippen LogP contribution in [0.3, 0.4) is 0 Å². The predicted octanol–water partition coefficient (Wildman–Crippen LogP) is 0.687. The van der Waals surface area contributed by atoms with Crippen molar-refractivity contribution in [2.24, 2.45) is 0 Å². The first-order chi connectivity index (χ1) is 6.74. The molecule has 5 heteroatoms. The summed E-state index contributed by atoms with van der Waals surface area (Å²) in [5, 5.41) is 2.24. The van der Waals surface area contributed by atoms with Crippen molar-refractivity contribution in [3.05, 3.63) is 35.9 Å². The summed E-state index contributed by atoms with van der Waals surface area (Å²) in [5.41, 5.74) is 2.31. The molecule has 2 N–H and O–H groups in total. The molecule has 0 saturated carbocycles. The van der Waals surface area contributed by atoms with Gasteiger partial charge in [-0.1, -0.05) is 18.2 Å². The molecule has 0 saturated heterocycles. The van der Waals surface area contributed by atoms with Crippen LogP contribution in [0.25, 0.3) is 0 Å². The van der Waals surface area contributed by atoms with E-state index in [9.17, 15) is 9.59 Å². The highest BCUT2D eigenvalue weighted by atomic mass is 16.7. The minimum atomic E-state index is -0.603. The van der Waals surface area contributed by atoms with E-state index in [1.165, 1.54) is 7.05 Å². The van der Waals surface area contributed by atoms with Crippen molar-refractivity contribution in [1.82, 2.24) is 10.8 Å². The molecule has 0 aliphatic rings. The first kappa shape index (κ1) is 10.0. The van der Waals surface area contributed by atoms with Crippen molar-refractivity contribution in [1.29, 1.82) is 0 Å². The zero-order valence-corrected chi connectivity index (χ0v) is 7.61. The molecule has 0 fully saturated rings. The van der Waals surface area contributed by atoms with Crippen LogP contribution >= 0.6 is 0 Å². The number of benzene rings is 1. The summed E-state index contributed by atoms with van der Waals surface area (Å²) >= 11 is 0. The number of amides is 2. The molecule has 0 spiro atoms. The second kappa shape index (κ2) is 4.86. The van der Waals surface area contributed by atoms with Crippen molar-refractivity contribution in [3.63, 3.8) is 0 Å². The quantitative estimate of drug-likeness (QED) is 0.646. The van der Waals surface area contributed by atoms with E-state index in [4.69, 9.17) is 0 Å². The fourth-order valence-electron chi connectivity index (χ4n) is 0.777. The van der Waals surface area contributed by atoms with Crippen LogP contribution in [-0.4, -0.2) is 19.0 Å². The molecular formula is C9H10N2O3. The Morgan fingerprint density at radius 1 is 1.21 bits per heavy atom. The van der Waals surface area contributed by atoms with Gasteiger partial charge in [0.25, 0.3) is 0 Å². The molecule has 74 valence electrons. The van der Waals surface area contributed by atoms with Gasteiger partial charge in [-0.15, -0.1) is 0 Å². The largest absolute Gasteiger partial charge is 0.363 e. The second-order valence-corrected chi connectivity index (χ2v) is 2.44. The number of hydroxylamine groups is 1. The number of carbonyl (C=O) groups is 2. The summed E-state index contributed by atoms with van der Waals surface area (Å²) in [6.45, 7) is 0. The third-order valence-corrected chi connectivity index (χ3v) is 1.47. The number of nitrogens with one attached hydrogen (secondary N) is 2. The molecule has 0 aliphatic carbocycles. The molecular weight excluding hydrogens is 184 g/mol. The molecule has 0 bridgehead atoms. The third kappa shape index (κ3) is 2.78. The van der Waals surface area contributed by atoms with E-state index >= 15 is 0 Å². The summed E-state index contributed by atoms with van der Waals surface area (Å²) in [4.78, 5) is 26.3. The average Bonchev–Trinajstić information content (AvgIpc) is 2.26. The van der Waals surface area contributed by atoms with Crippen LogP contribution < -0.4 is 10.8 Å². The fourth-order valence-corrected chi connectivity index (χ4v) is 0.777. The Labute approximate surface area is 81.0 Å². The first-order valence-corrected chi connectivity index (χ1v) is 3.98. The molecule has 2 amide bonds. The summed E-state index contributed by atoms with van der Waals surface area (Å²) in [6.07, 6.45) is 0. The number of carbonyl (C=O) groups excluding carboxylic acids is 2. The minimum absolute atomic E-state index is 0.379. The summed E-state index contributed by atoms with van der Waals surface area (Å²) in [6, 6.07) is 7.80. The lowest BCUT2D eigenvalue weighted by Gasteiger charge is -2.03.